The molecule has 0 radical (unpaired) electrons. The molecule has 1 aromatic heterocycles. The quantitative estimate of drug-likeness (QED) is 0.247. The van der Waals surface area contributed by atoms with Crippen LogP contribution in [0.3, 0.4) is 0 Å². The van der Waals surface area contributed by atoms with Crippen molar-refractivity contribution in [1.29, 1.82) is 0 Å². The lowest BCUT2D eigenvalue weighted by Gasteiger charge is -2.24. The molecule has 1 saturated carbocycles. The number of benzene rings is 2. The minimum absolute atomic E-state index is 0.0306. The summed E-state index contributed by atoms with van der Waals surface area (Å²) < 4.78 is 35.2. The first-order chi connectivity index (χ1) is 21.5. The van der Waals surface area contributed by atoms with Gasteiger partial charge in [-0.25, -0.2) is 13.1 Å². The van der Waals surface area contributed by atoms with Crippen LogP contribution in [-0.2, 0) is 32.7 Å². The van der Waals surface area contributed by atoms with E-state index in [1.165, 1.54) is 0 Å². The third-order valence-corrected chi connectivity index (χ3v) is 10.4. The average Bonchev–Trinajstić information content (AvgIpc) is 3.70. The SMILES string of the molecule is CCCCC1=NC2(CCCC2)C(=O)N1Cc1ccc(-c2ccccc2S(=O)(=O)Nc2onc(C)c2C)c(CN(C)C(=O)CC)c1. The molecule has 2 heterocycles. The average molecular weight is 634 g/mol. The van der Waals surface area contributed by atoms with Gasteiger partial charge in [-0.15, -0.1) is 0 Å². The molecule has 1 N–H and O–H groups in total. The van der Waals surface area contributed by atoms with Crippen LogP contribution < -0.4 is 4.72 Å². The molecule has 10 nitrogen and oxygen atoms in total. The van der Waals surface area contributed by atoms with Gasteiger partial charge in [-0.05, 0) is 55.9 Å². The second-order valence-electron chi connectivity index (χ2n) is 12.2. The fraction of sp³-hybridized carbons (Fsp3) is 0.471. The summed E-state index contributed by atoms with van der Waals surface area (Å²) in [5.41, 5.74) is 3.43. The second-order valence-corrected chi connectivity index (χ2v) is 13.8. The number of carbonyl (C=O) groups excluding carboxylic acids is 2. The first-order valence-electron chi connectivity index (χ1n) is 15.8. The maximum absolute atomic E-state index is 13.8. The Morgan fingerprint density at radius 2 is 1.82 bits per heavy atom. The van der Waals surface area contributed by atoms with Crippen molar-refractivity contribution in [3.63, 3.8) is 0 Å². The minimum Gasteiger partial charge on any atom is -0.341 e. The van der Waals surface area contributed by atoms with Crippen LogP contribution in [0.15, 0.2) is 56.9 Å². The number of nitrogens with zero attached hydrogens (tertiary/aromatic N) is 4. The Morgan fingerprint density at radius 3 is 2.49 bits per heavy atom. The highest BCUT2D eigenvalue weighted by Gasteiger charge is 2.49. The van der Waals surface area contributed by atoms with Crippen molar-refractivity contribution in [3.05, 3.63) is 64.8 Å². The maximum atomic E-state index is 13.8. The largest absolute Gasteiger partial charge is 0.341 e. The third kappa shape index (κ3) is 6.54. The molecule has 0 unspecified atom stereocenters. The molecule has 2 amide bonds. The number of rotatable bonds is 12. The zero-order valence-electron chi connectivity index (χ0n) is 26.9. The smallest absolute Gasteiger partial charge is 0.264 e. The first kappa shape index (κ1) is 32.4. The van der Waals surface area contributed by atoms with Crippen molar-refractivity contribution >= 4 is 33.6 Å². The van der Waals surface area contributed by atoms with Crippen LogP contribution in [0.1, 0.15) is 87.6 Å². The van der Waals surface area contributed by atoms with Crippen molar-refractivity contribution in [2.75, 3.05) is 11.8 Å². The van der Waals surface area contributed by atoms with E-state index >= 15 is 0 Å². The molecule has 0 bridgehead atoms. The van der Waals surface area contributed by atoms with Crippen molar-refractivity contribution in [2.24, 2.45) is 4.99 Å². The topological polar surface area (TPSA) is 125 Å². The number of aliphatic imine (C=N–C) groups is 1. The van der Waals surface area contributed by atoms with Gasteiger partial charge in [0.25, 0.3) is 15.9 Å². The number of amidine groups is 1. The number of hydrogen-bond donors (Lipinski definition) is 1. The summed E-state index contributed by atoms with van der Waals surface area (Å²) in [6.45, 7) is 8.07. The van der Waals surface area contributed by atoms with Gasteiger partial charge in [0, 0.05) is 37.6 Å². The van der Waals surface area contributed by atoms with Gasteiger partial charge in [0.2, 0.25) is 11.8 Å². The predicted octanol–water partition coefficient (Wildman–Crippen LogP) is 6.37. The molecule has 1 aliphatic heterocycles. The number of nitrogens with one attached hydrogen (secondary N) is 1. The summed E-state index contributed by atoms with van der Waals surface area (Å²) in [6, 6.07) is 12.6. The molecule has 2 aromatic carbocycles. The van der Waals surface area contributed by atoms with Gasteiger partial charge in [0.05, 0.1) is 17.1 Å². The van der Waals surface area contributed by atoms with Gasteiger partial charge in [-0.3, -0.25) is 19.5 Å². The number of unbranched alkanes of at least 4 members (excludes halogenated alkanes) is 1. The number of aryl methyl sites for hydroxylation is 1. The highest BCUT2D eigenvalue weighted by molar-refractivity contribution is 7.92. The van der Waals surface area contributed by atoms with E-state index in [0.29, 0.717) is 35.3 Å². The van der Waals surface area contributed by atoms with E-state index in [0.717, 1.165) is 61.9 Å². The lowest BCUT2D eigenvalue weighted by Crippen LogP contribution is -2.40. The zero-order chi connectivity index (χ0) is 32.4. The summed E-state index contributed by atoms with van der Waals surface area (Å²) in [7, 11) is -2.32. The summed E-state index contributed by atoms with van der Waals surface area (Å²) in [6.07, 6.45) is 6.66. The molecule has 45 heavy (non-hydrogen) atoms. The van der Waals surface area contributed by atoms with Crippen LogP contribution in [0.5, 0.6) is 0 Å². The monoisotopic (exact) mass is 633 g/mol. The highest BCUT2D eigenvalue weighted by Crippen LogP contribution is 2.40. The van der Waals surface area contributed by atoms with Gasteiger partial charge < -0.3 is 9.42 Å². The number of aromatic nitrogens is 1. The Kier molecular flexibility index (Phi) is 9.48. The highest BCUT2D eigenvalue weighted by atomic mass is 32.2. The maximum Gasteiger partial charge on any atom is 0.264 e. The Bertz CT molecular complexity index is 1720. The lowest BCUT2D eigenvalue weighted by atomic mass is 9.96. The number of sulfonamides is 1. The Balaban J connectivity index is 1.53. The fourth-order valence-corrected chi connectivity index (χ4v) is 7.51. The molecule has 1 fully saturated rings. The normalized spacial score (nSPS) is 16.0. The van der Waals surface area contributed by atoms with Gasteiger partial charge in [-0.2, -0.15) is 0 Å². The van der Waals surface area contributed by atoms with Crippen molar-refractivity contribution in [1.82, 2.24) is 15.0 Å². The van der Waals surface area contributed by atoms with E-state index in [4.69, 9.17) is 9.52 Å². The molecule has 3 aromatic rings. The van der Waals surface area contributed by atoms with Gasteiger partial charge in [0.1, 0.15) is 11.4 Å². The van der Waals surface area contributed by atoms with Gasteiger partial charge >= 0.3 is 0 Å². The summed E-state index contributed by atoms with van der Waals surface area (Å²) in [5.74, 6) is 0.975. The van der Waals surface area contributed by atoms with Crippen molar-refractivity contribution < 1.29 is 22.5 Å². The van der Waals surface area contributed by atoms with Gasteiger partial charge in [-0.1, -0.05) is 74.7 Å². The Hall–Kier alpha value is -3.99. The molecule has 0 atom stereocenters. The molecule has 240 valence electrons. The van der Waals surface area contributed by atoms with Crippen LogP contribution in [0.25, 0.3) is 11.1 Å². The fourth-order valence-electron chi connectivity index (χ4n) is 6.24. The van der Waals surface area contributed by atoms with E-state index in [1.54, 1.807) is 50.1 Å². The van der Waals surface area contributed by atoms with E-state index < -0.39 is 15.6 Å². The number of carbonyl (C=O) groups is 2. The first-order valence-corrected chi connectivity index (χ1v) is 17.3. The summed E-state index contributed by atoms with van der Waals surface area (Å²) >= 11 is 0. The Morgan fingerprint density at radius 1 is 1.09 bits per heavy atom. The summed E-state index contributed by atoms with van der Waals surface area (Å²) in [4.78, 5) is 35.0. The van der Waals surface area contributed by atoms with E-state index in [9.17, 15) is 18.0 Å². The van der Waals surface area contributed by atoms with Gasteiger partial charge in [0.15, 0.2) is 0 Å². The number of amides is 2. The van der Waals surface area contributed by atoms with Crippen molar-refractivity contribution in [2.45, 2.75) is 103 Å². The Labute approximate surface area is 265 Å². The van der Waals surface area contributed by atoms with Crippen LogP contribution >= 0.6 is 0 Å². The second kappa shape index (κ2) is 13.2. The molecule has 1 spiro atoms. The van der Waals surface area contributed by atoms with Crippen LogP contribution in [0.4, 0.5) is 5.88 Å². The van der Waals surface area contributed by atoms with Crippen LogP contribution in [0.2, 0.25) is 0 Å². The van der Waals surface area contributed by atoms with Crippen LogP contribution in [-0.4, -0.2) is 53.6 Å². The molecular weight excluding hydrogens is 590 g/mol. The molecule has 2 aliphatic rings. The molecule has 1 aliphatic carbocycles. The van der Waals surface area contributed by atoms with E-state index in [2.05, 4.69) is 16.8 Å². The summed E-state index contributed by atoms with van der Waals surface area (Å²) in [5, 5.41) is 3.87. The molecular formula is C34H43N5O5S. The molecule has 11 heteroatoms. The molecule has 0 saturated heterocycles. The number of hydrogen-bond acceptors (Lipinski definition) is 7. The molecule has 5 rings (SSSR count). The van der Waals surface area contributed by atoms with E-state index in [1.807, 2.05) is 30.0 Å². The van der Waals surface area contributed by atoms with Crippen LogP contribution in [0, 0.1) is 13.8 Å². The third-order valence-electron chi connectivity index (χ3n) is 8.98. The predicted molar refractivity (Wildman–Crippen MR) is 174 cm³/mol. The standard InChI is InChI=1S/C34H43N5O5S/c1-6-8-15-30-35-34(18-11-12-19-34)33(41)39(30)21-25-16-17-27(26(20-25)22-38(5)31(40)7-2)28-13-9-10-14-29(28)45(42,43)37-32-23(3)24(4)36-44-32/h9-10,13-14,16-17,20,37H,6-8,11-12,15,18-19,21-22H2,1-5H3. The van der Waals surface area contributed by atoms with E-state index in [-0.39, 0.29) is 29.1 Å². The zero-order valence-corrected chi connectivity index (χ0v) is 27.7. The minimum atomic E-state index is -4.07. The number of anilines is 1. The van der Waals surface area contributed by atoms with Crippen molar-refractivity contribution in [3.8, 4) is 11.1 Å². The lowest BCUT2D eigenvalue weighted by molar-refractivity contribution is -0.131.